The molecule has 1 N–H and O–H groups in total. The molecule has 2 rings (SSSR count). The van der Waals surface area contributed by atoms with E-state index in [1.54, 1.807) is 36.4 Å². The van der Waals surface area contributed by atoms with E-state index < -0.39 is 5.97 Å². The number of aliphatic carboxylic acids is 1. The molecule has 0 unspecified atom stereocenters. The molecule has 0 aliphatic carbocycles. The second-order valence-electron chi connectivity index (χ2n) is 4.27. The van der Waals surface area contributed by atoms with Gasteiger partial charge in [-0.15, -0.1) is 0 Å². The van der Waals surface area contributed by atoms with Crippen LogP contribution in [-0.2, 0) is 11.4 Å². The molecule has 0 aromatic heterocycles. The first-order valence-corrected chi connectivity index (χ1v) is 6.88. The maximum absolute atomic E-state index is 10.4. The van der Waals surface area contributed by atoms with Gasteiger partial charge in [0.25, 0.3) is 0 Å². The average Bonchev–Trinajstić information content (AvgIpc) is 2.45. The van der Waals surface area contributed by atoms with Crippen molar-refractivity contribution in [3.63, 3.8) is 0 Å². The van der Waals surface area contributed by atoms with Gasteiger partial charge < -0.3 is 9.84 Å². The van der Waals surface area contributed by atoms with Crippen LogP contribution in [0, 0.1) is 0 Å². The SMILES string of the molecule is O=C(O)C=Cc1ccc(OCc2ccc(Cl)cc2Cl)cc1. The van der Waals surface area contributed by atoms with Crippen LogP contribution in [0.15, 0.2) is 48.5 Å². The van der Waals surface area contributed by atoms with E-state index in [1.807, 2.05) is 6.07 Å². The summed E-state index contributed by atoms with van der Waals surface area (Å²) in [4.78, 5) is 10.4. The molecule has 3 nitrogen and oxygen atoms in total. The summed E-state index contributed by atoms with van der Waals surface area (Å²) in [5.74, 6) is -0.304. The zero-order chi connectivity index (χ0) is 15.2. The van der Waals surface area contributed by atoms with Crippen molar-refractivity contribution < 1.29 is 14.6 Å². The summed E-state index contributed by atoms with van der Waals surface area (Å²) in [7, 11) is 0. The highest BCUT2D eigenvalue weighted by molar-refractivity contribution is 6.35. The standard InChI is InChI=1S/C16H12Cl2O3/c17-13-5-4-12(15(18)9-13)10-21-14-6-1-11(2-7-14)3-8-16(19)20/h1-9H,10H2,(H,19,20). The Hall–Kier alpha value is -1.97. The minimum atomic E-state index is -0.979. The van der Waals surface area contributed by atoms with Gasteiger partial charge in [-0.1, -0.05) is 41.4 Å². The smallest absolute Gasteiger partial charge is 0.328 e. The Morgan fingerprint density at radius 1 is 1.14 bits per heavy atom. The van der Waals surface area contributed by atoms with Crippen LogP contribution in [0.4, 0.5) is 0 Å². The highest BCUT2D eigenvalue weighted by atomic mass is 35.5. The lowest BCUT2D eigenvalue weighted by molar-refractivity contribution is -0.131. The fourth-order valence-electron chi connectivity index (χ4n) is 1.64. The second-order valence-corrected chi connectivity index (χ2v) is 5.11. The van der Waals surface area contributed by atoms with Gasteiger partial charge in [0.2, 0.25) is 0 Å². The van der Waals surface area contributed by atoms with Gasteiger partial charge in [0, 0.05) is 21.7 Å². The first kappa shape index (κ1) is 15.4. The van der Waals surface area contributed by atoms with Crippen molar-refractivity contribution in [3.05, 3.63) is 69.7 Å². The molecule has 21 heavy (non-hydrogen) atoms. The maximum atomic E-state index is 10.4. The Morgan fingerprint density at radius 2 is 1.86 bits per heavy atom. The monoisotopic (exact) mass is 322 g/mol. The third-order valence-electron chi connectivity index (χ3n) is 2.71. The van der Waals surface area contributed by atoms with Crippen LogP contribution in [0.2, 0.25) is 10.0 Å². The van der Waals surface area contributed by atoms with Gasteiger partial charge in [0.15, 0.2) is 0 Å². The Labute approximate surface area is 132 Å². The summed E-state index contributed by atoms with van der Waals surface area (Å²) in [5, 5.41) is 9.69. The van der Waals surface area contributed by atoms with Crippen molar-refractivity contribution in [1.82, 2.24) is 0 Å². The third kappa shape index (κ3) is 4.81. The van der Waals surface area contributed by atoms with Crippen LogP contribution in [0.1, 0.15) is 11.1 Å². The van der Waals surface area contributed by atoms with Crippen molar-refractivity contribution in [3.8, 4) is 5.75 Å². The van der Waals surface area contributed by atoms with Crippen LogP contribution in [0.25, 0.3) is 6.08 Å². The number of carbonyl (C=O) groups is 1. The lowest BCUT2D eigenvalue weighted by atomic mass is 10.2. The average molecular weight is 323 g/mol. The zero-order valence-corrected chi connectivity index (χ0v) is 12.4. The second kappa shape index (κ2) is 7.16. The van der Waals surface area contributed by atoms with E-state index >= 15 is 0 Å². The van der Waals surface area contributed by atoms with Crippen molar-refractivity contribution in [1.29, 1.82) is 0 Å². The van der Waals surface area contributed by atoms with E-state index in [1.165, 1.54) is 6.08 Å². The van der Waals surface area contributed by atoms with Gasteiger partial charge in [-0.05, 0) is 35.9 Å². The predicted molar refractivity (Wildman–Crippen MR) is 83.9 cm³/mol. The summed E-state index contributed by atoms with van der Waals surface area (Å²) in [6.07, 6.45) is 2.60. The van der Waals surface area contributed by atoms with Gasteiger partial charge in [0.05, 0.1) is 0 Å². The number of ether oxygens (including phenoxy) is 1. The minimum Gasteiger partial charge on any atom is -0.489 e. The molecule has 0 saturated heterocycles. The molecule has 0 spiro atoms. The molecule has 108 valence electrons. The van der Waals surface area contributed by atoms with E-state index in [9.17, 15) is 4.79 Å². The lowest BCUT2D eigenvalue weighted by Gasteiger charge is -2.08. The minimum absolute atomic E-state index is 0.334. The molecule has 2 aromatic rings. The molecule has 2 aromatic carbocycles. The summed E-state index contributed by atoms with van der Waals surface area (Å²) in [5.41, 5.74) is 1.63. The first-order valence-electron chi connectivity index (χ1n) is 6.12. The van der Waals surface area contributed by atoms with Crippen LogP contribution in [-0.4, -0.2) is 11.1 Å². The number of halogens is 2. The Bertz CT molecular complexity index is 664. The van der Waals surface area contributed by atoms with Gasteiger partial charge in [-0.2, -0.15) is 0 Å². The van der Waals surface area contributed by atoms with Crippen LogP contribution in [0.3, 0.4) is 0 Å². The quantitative estimate of drug-likeness (QED) is 0.813. The Morgan fingerprint density at radius 3 is 2.48 bits per heavy atom. The fraction of sp³-hybridized carbons (Fsp3) is 0.0625. The van der Waals surface area contributed by atoms with Crippen molar-refractivity contribution >= 4 is 35.2 Å². The number of hydrogen-bond acceptors (Lipinski definition) is 2. The van der Waals surface area contributed by atoms with Gasteiger partial charge in [-0.3, -0.25) is 0 Å². The molecule has 0 aliphatic rings. The van der Waals surface area contributed by atoms with E-state index in [2.05, 4.69) is 0 Å². The van der Waals surface area contributed by atoms with Crippen LogP contribution in [0.5, 0.6) is 5.75 Å². The maximum Gasteiger partial charge on any atom is 0.328 e. The molecule has 0 aliphatic heterocycles. The highest BCUT2D eigenvalue weighted by Crippen LogP contribution is 2.23. The molecular weight excluding hydrogens is 311 g/mol. The van der Waals surface area contributed by atoms with Gasteiger partial charge in [0.1, 0.15) is 12.4 Å². The van der Waals surface area contributed by atoms with Crippen molar-refractivity contribution in [2.45, 2.75) is 6.61 Å². The molecule has 0 saturated carbocycles. The molecule has 0 atom stereocenters. The largest absolute Gasteiger partial charge is 0.489 e. The molecule has 0 radical (unpaired) electrons. The summed E-state index contributed by atoms with van der Waals surface area (Å²) < 4.78 is 5.63. The molecule has 0 heterocycles. The number of carboxylic acids is 1. The number of carboxylic acid groups (broad SMARTS) is 1. The van der Waals surface area contributed by atoms with E-state index in [0.29, 0.717) is 22.4 Å². The Balaban J connectivity index is 1.99. The molecular formula is C16H12Cl2O3. The van der Waals surface area contributed by atoms with Crippen LogP contribution < -0.4 is 4.74 Å². The van der Waals surface area contributed by atoms with E-state index in [-0.39, 0.29) is 0 Å². The zero-order valence-electron chi connectivity index (χ0n) is 10.9. The molecule has 0 amide bonds. The highest BCUT2D eigenvalue weighted by Gasteiger charge is 2.02. The Kier molecular flexibility index (Phi) is 5.26. The van der Waals surface area contributed by atoms with E-state index in [4.69, 9.17) is 33.0 Å². The van der Waals surface area contributed by atoms with E-state index in [0.717, 1.165) is 17.2 Å². The predicted octanol–water partition coefficient (Wildman–Crippen LogP) is 4.67. The number of rotatable bonds is 5. The topological polar surface area (TPSA) is 46.5 Å². The summed E-state index contributed by atoms with van der Waals surface area (Å²) in [6.45, 7) is 0.334. The summed E-state index contributed by atoms with van der Waals surface area (Å²) >= 11 is 11.9. The van der Waals surface area contributed by atoms with Crippen molar-refractivity contribution in [2.75, 3.05) is 0 Å². The molecule has 5 heteroatoms. The third-order valence-corrected chi connectivity index (χ3v) is 3.29. The molecule has 0 bridgehead atoms. The summed E-state index contributed by atoms with van der Waals surface area (Å²) in [6, 6.07) is 12.3. The number of benzene rings is 2. The number of hydrogen-bond donors (Lipinski definition) is 1. The van der Waals surface area contributed by atoms with Crippen LogP contribution >= 0.6 is 23.2 Å². The first-order chi connectivity index (χ1) is 10.0. The van der Waals surface area contributed by atoms with Gasteiger partial charge >= 0.3 is 5.97 Å². The normalized spacial score (nSPS) is 10.8. The molecule has 0 fully saturated rings. The fourth-order valence-corrected chi connectivity index (χ4v) is 2.11. The van der Waals surface area contributed by atoms with Gasteiger partial charge in [-0.25, -0.2) is 4.79 Å². The lowest BCUT2D eigenvalue weighted by Crippen LogP contribution is -1.96. The van der Waals surface area contributed by atoms with Crippen molar-refractivity contribution in [2.24, 2.45) is 0 Å².